The van der Waals surface area contributed by atoms with Crippen LogP contribution in [0.4, 0.5) is 14.6 Å². The van der Waals surface area contributed by atoms with Crippen molar-refractivity contribution in [3.05, 3.63) is 78.3 Å². The zero-order valence-corrected chi connectivity index (χ0v) is 15.9. The van der Waals surface area contributed by atoms with E-state index < -0.39 is 18.2 Å². The second kappa shape index (κ2) is 10.2. The SMILES string of the molecule is C=C/C=C\C(F)=C(\F)CN=C(NN)c1cc(-c2ccc(C(C)N)nc2)cnc1N. The number of amidine groups is 1. The molecular formula is C20H23F2N7. The third kappa shape index (κ3) is 5.77. The van der Waals surface area contributed by atoms with Crippen LogP contribution < -0.4 is 22.7 Å². The van der Waals surface area contributed by atoms with Gasteiger partial charge in [-0.05, 0) is 25.1 Å². The predicted octanol–water partition coefficient (Wildman–Crippen LogP) is 2.85. The maximum Gasteiger partial charge on any atom is 0.157 e. The van der Waals surface area contributed by atoms with E-state index >= 15 is 0 Å². The van der Waals surface area contributed by atoms with Crippen molar-refractivity contribution in [3.63, 3.8) is 0 Å². The van der Waals surface area contributed by atoms with Gasteiger partial charge in [0.05, 0.1) is 17.8 Å². The first kappa shape index (κ1) is 21.9. The Morgan fingerprint density at radius 1 is 1.28 bits per heavy atom. The molecule has 1 unspecified atom stereocenters. The molecule has 2 heterocycles. The first-order valence-electron chi connectivity index (χ1n) is 8.69. The lowest BCUT2D eigenvalue weighted by atomic mass is 10.1. The number of rotatable bonds is 7. The van der Waals surface area contributed by atoms with Gasteiger partial charge in [-0.1, -0.05) is 24.8 Å². The molecule has 0 aromatic carbocycles. The van der Waals surface area contributed by atoms with Crippen molar-refractivity contribution in [2.75, 3.05) is 12.3 Å². The molecule has 0 aliphatic carbocycles. The topological polar surface area (TPSA) is 128 Å². The highest BCUT2D eigenvalue weighted by Crippen LogP contribution is 2.23. The highest BCUT2D eigenvalue weighted by atomic mass is 19.2. The van der Waals surface area contributed by atoms with Crippen LogP contribution in [-0.2, 0) is 0 Å². The fourth-order valence-corrected chi connectivity index (χ4v) is 2.34. The smallest absolute Gasteiger partial charge is 0.157 e. The third-order valence-corrected chi connectivity index (χ3v) is 3.91. The monoisotopic (exact) mass is 399 g/mol. The Balaban J connectivity index is 2.35. The average Bonchev–Trinajstić information content (AvgIpc) is 2.73. The number of hydrogen-bond donors (Lipinski definition) is 4. The van der Waals surface area contributed by atoms with E-state index in [0.29, 0.717) is 11.1 Å². The summed E-state index contributed by atoms with van der Waals surface area (Å²) in [5.74, 6) is 3.59. The zero-order valence-electron chi connectivity index (χ0n) is 15.9. The van der Waals surface area contributed by atoms with E-state index in [2.05, 4.69) is 27.0 Å². The van der Waals surface area contributed by atoms with Gasteiger partial charge in [0.15, 0.2) is 11.7 Å². The van der Waals surface area contributed by atoms with Crippen molar-refractivity contribution >= 4 is 11.7 Å². The van der Waals surface area contributed by atoms with Crippen LogP contribution in [-0.4, -0.2) is 22.3 Å². The Labute approximate surface area is 167 Å². The molecule has 2 aromatic heterocycles. The quantitative estimate of drug-likeness (QED) is 0.186. The fraction of sp³-hybridized carbons (Fsp3) is 0.150. The van der Waals surface area contributed by atoms with E-state index in [4.69, 9.17) is 17.3 Å². The lowest BCUT2D eigenvalue weighted by Gasteiger charge is -2.11. The molecule has 0 saturated carbocycles. The lowest BCUT2D eigenvalue weighted by molar-refractivity contribution is 0.542. The Kier molecular flexibility index (Phi) is 7.70. The predicted molar refractivity (Wildman–Crippen MR) is 112 cm³/mol. The Morgan fingerprint density at radius 3 is 2.59 bits per heavy atom. The molecule has 0 fully saturated rings. The van der Waals surface area contributed by atoms with Crippen molar-refractivity contribution < 1.29 is 8.78 Å². The van der Waals surface area contributed by atoms with Gasteiger partial charge < -0.3 is 16.9 Å². The van der Waals surface area contributed by atoms with E-state index in [9.17, 15) is 8.78 Å². The van der Waals surface area contributed by atoms with Crippen LogP contribution >= 0.6 is 0 Å². The number of nitrogen functional groups attached to an aromatic ring is 1. The maximum atomic E-state index is 13.9. The number of nitrogens with two attached hydrogens (primary N) is 3. The van der Waals surface area contributed by atoms with Gasteiger partial charge in [0.1, 0.15) is 11.7 Å². The third-order valence-electron chi connectivity index (χ3n) is 3.91. The number of anilines is 1. The summed E-state index contributed by atoms with van der Waals surface area (Å²) in [5.41, 5.74) is 16.6. The van der Waals surface area contributed by atoms with Crippen LogP contribution in [0.5, 0.6) is 0 Å². The molecule has 9 heteroatoms. The van der Waals surface area contributed by atoms with Gasteiger partial charge in [-0.3, -0.25) is 9.98 Å². The molecule has 0 bridgehead atoms. The minimum absolute atomic E-state index is 0.0626. The van der Waals surface area contributed by atoms with Crippen LogP contribution in [0.1, 0.15) is 24.2 Å². The second-order valence-corrected chi connectivity index (χ2v) is 6.07. The molecule has 7 N–H and O–H groups in total. The summed E-state index contributed by atoms with van der Waals surface area (Å²) in [6, 6.07) is 5.15. The Bertz CT molecular complexity index is 948. The van der Waals surface area contributed by atoms with E-state index in [1.807, 2.05) is 19.1 Å². The minimum Gasteiger partial charge on any atom is -0.383 e. The van der Waals surface area contributed by atoms with E-state index in [0.717, 1.165) is 17.3 Å². The molecule has 2 aromatic rings. The number of hydrazine groups is 1. The lowest BCUT2D eigenvalue weighted by Crippen LogP contribution is -2.32. The normalized spacial score (nSPS) is 13.9. The van der Waals surface area contributed by atoms with Gasteiger partial charge in [-0.2, -0.15) is 0 Å². The number of halogens is 2. The zero-order chi connectivity index (χ0) is 21.4. The molecule has 0 aliphatic rings. The van der Waals surface area contributed by atoms with Crippen molar-refractivity contribution in [2.24, 2.45) is 16.6 Å². The molecule has 29 heavy (non-hydrogen) atoms. The molecule has 7 nitrogen and oxygen atoms in total. The number of aliphatic imine (C=N–C) groups is 1. The summed E-state index contributed by atoms with van der Waals surface area (Å²) in [7, 11) is 0. The van der Waals surface area contributed by atoms with Crippen molar-refractivity contribution in [1.82, 2.24) is 15.4 Å². The van der Waals surface area contributed by atoms with E-state index in [1.165, 1.54) is 12.2 Å². The molecule has 0 saturated heterocycles. The number of hydrogen-bond acceptors (Lipinski definition) is 6. The van der Waals surface area contributed by atoms with Crippen LogP contribution in [0.25, 0.3) is 11.1 Å². The minimum atomic E-state index is -1.06. The molecule has 1 atom stereocenters. The summed E-state index contributed by atoms with van der Waals surface area (Å²) in [5, 5.41) is 0. The molecule has 152 valence electrons. The van der Waals surface area contributed by atoms with E-state index in [-0.39, 0.29) is 17.7 Å². The van der Waals surface area contributed by atoms with Gasteiger partial charge in [0.2, 0.25) is 0 Å². The molecule has 0 amide bonds. The molecule has 0 spiro atoms. The van der Waals surface area contributed by atoms with Crippen molar-refractivity contribution in [1.29, 1.82) is 0 Å². The number of nitrogens with zero attached hydrogens (tertiary/aromatic N) is 3. The van der Waals surface area contributed by atoms with Crippen LogP contribution in [0.3, 0.4) is 0 Å². The van der Waals surface area contributed by atoms with E-state index in [1.54, 1.807) is 18.5 Å². The second-order valence-electron chi connectivity index (χ2n) is 6.07. The van der Waals surface area contributed by atoms with Crippen LogP contribution in [0.15, 0.2) is 72.0 Å². The van der Waals surface area contributed by atoms with Gasteiger partial charge in [0, 0.05) is 29.6 Å². The van der Waals surface area contributed by atoms with Gasteiger partial charge in [-0.15, -0.1) is 0 Å². The van der Waals surface area contributed by atoms with Crippen LogP contribution in [0, 0.1) is 0 Å². The van der Waals surface area contributed by atoms with Gasteiger partial charge >= 0.3 is 0 Å². The first-order chi connectivity index (χ1) is 13.9. The molecule has 0 radical (unpaired) electrons. The number of pyridine rings is 2. The summed E-state index contributed by atoms with van der Waals surface area (Å²) >= 11 is 0. The highest BCUT2D eigenvalue weighted by molar-refractivity contribution is 6.03. The average molecular weight is 399 g/mol. The standard InChI is InChI=1S/C20H23F2N7/c1-3-4-5-16(21)17(22)11-28-20(29-25)15-8-14(10-27-19(15)24)13-6-7-18(12(2)23)26-9-13/h3-10,12H,1,11,23,25H2,2H3,(H2,24,27)(H,28,29)/b5-4-,17-16-. The summed E-state index contributed by atoms with van der Waals surface area (Å²) in [6.45, 7) is 4.66. The number of allylic oxidation sites excluding steroid dienone is 4. The maximum absolute atomic E-state index is 13.9. The fourth-order valence-electron chi connectivity index (χ4n) is 2.34. The number of nitrogens with one attached hydrogen (secondary N) is 1. The Hall–Kier alpha value is -3.43. The van der Waals surface area contributed by atoms with Crippen LogP contribution in [0.2, 0.25) is 0 Å². The number of aromatic nitrogens is 2. The largest absolute Gasteiger partial charge is 0.383 e. The summed E-state index contributed by atoms with van der Waals surface area (Å²) in [6.07, 6.45) is 6.78. The Morgan fingerprint density at radius 2 is 2.00 bits per heavy atom. The first-order valence-corrected chi connectivity index (χ1v) is 8.69. The van der Waals surface area contributed by atoms with Gasteiger partial charge in [0.25, 0.3) is 0 Å². The summed E-state index contributed by atoms with van der Waals surface area (Å²) in [4.78, 5) is 12.4. The van der Waals surface area contributed by atoms with Crippen molar-refractivity contribution in [3.8, 4) is 11.1 Å². The molecular weight excluding hydrogens is 376 g/mol. The molecule has 2 rings (SSSR count). The summed E-state index contributed by atoms with van der Waals surface area (Å²) < 4.78 is 27.4. The van der Waals surface area contributed by atoms with Crippen molar-refractivity contribution in [2.45, 2.75) is 13.0 Å². The highest BCUT2D eigenvalue weighted by Gasteiger charge is 2.12. The molecule has 0 aliphatic heterocycles. The van der Waals surface area contributed by atoms with Gasteiger partial charge in [-0.25, -0.2) is 19.6 Å².